The second-order valence-corrected chi connectivity index (χ2v) is 5.00. The Kier molecular flexibility index (Phi) is 3.50. The van der Waals surface area contributed by atoms with Crippen LogP contribution >= 0.6 is 11.6 Å². The summed E-state index contributed by atoms with van der Waals surface area (Å²) in [6.45, 7) is 0. The molecule has 1 aliphatic rings. The number of carbonyl (C=O) groups is 1. The molecule has 21 heavy (non-hydrogen) atoms. The molecular formula is C17H11ClO3. The maximum atomic E-state index is 11.9. The Bertz CT molecular complexity index is 758. The molecule has 104 valence electrons. The van der Waals surface area contributed by atoms with Gasteiger partial charge in [-0.25, -0.2) is 4.79 Å². The first kappa shape index (κ1) is 13.5. The number of benzene rings is 2. The van der Waals surface area contributed by atoms with E-state index >= 15 is 0 Å². The Morgan fingerprint density at radius 2 is 1.76 bits per heavy atom. The minimum absolute atomic E-state index is 0.117. The zero-order chi connectivity index (χ0) is 14.8. The largest absolute Gasteiger partial charge is 0.507 e. The van der Waals surface area contributed by atoms with Crippen molar-refractivity contribution in [1.29, 1.82) is 0 Å². The molecule has 2 aromatic carbocycles. The number of cyclic esters (lactones) is 1. The van der Waals surface area contributed by atoms with Gasteiger partial charge in [0.2, 0.25) is 0 Å². The topological polar surface area (TPSA) is 46.5 Å². The zero-order valence-electron chi connectivity index (χ0n) is 10.9. The lowest BCUT2D eigenvalue weighted by atomic mass is 10.1. The fourth-order valence-corrected chi connectivity index (χ4v) is 2.15. The van der Waals surface area contributed by atoms with Gasteiger partial charge in [-0.15, -0.1) is 0 Å². The minimum Gasteiger partial charge on any atom is -0.507 e. The number of hydrogen-bond acceptors (Lipinski definition) is 3. The molecule has 0 saturated heterocycles. The molecule has 0 fully saturated rings. The maximum Gasteiger partial charge on any atom is 0.343 e. The molecule has 3 nitrogen and oxygen atoms in total. The first-order chi connectivity index (χ1) is 10.1. The Hall–Kier alpha value is -2.52. The van der Waals surface area contributed by atoms with Crippen molar-refractivity contribution in [3.05, 3.63) is 76.3 Å². The van der Waals surface area contributed by atoms with E-state index in [4.69, 9.17) is 16.3 Å². The van der Waals surface area contributed by atoms with Gasteiger partial charge in [-0.2, -0.15) is 0 Å². The van der Waals surface area contributed by atoms with Crippen molar-refractivity contribution in [2.45, 2.75) is 0 Å². The molecule has 1 N–H and O–H groups in total. The molecule has 1 aliphatic heterocycles. The lowest BCUT2D eigenvalue weighted by Crippen LogP contribution is -1.97. The highest BCUT2D eigenvalue weighted by Gasteiger charge is 2.22. The summed E-state index contributed by atoms with van der Waals surface area (Å²) in [4.78, 5) is 11.9. The second kappa shape index (κ2) is 5.46. The third kappa shape index (κ3) is 2.83. The van der Waals surface area contributed by atoms with Crippen LogP contribution < -0.4 is 0 Å². The number of aromatic hydroxyl groups is 1. The summed E-state index contributed by atoms with van der Waals surface area (Å²) in [5.41, 5.74) is 1.73. The van der Waals surface area contributed by atoms with E-state index in [2.05, 4.69) is 0 Å². The van der Waals surface area contributed by atoms with Crippen LogP contribution in [0, 0.1) is 0 Å². The number of esters is 1. The summed E-state index contributed by atoms with van der Waals surface area (Å²) >= 11 is 5.83. The molecule has 0 spiro atoms. The van der Waals surface area contributed by atoms with E-state index in [-0.39, 0.29) is 5.75 Å². The van der Waals surface area contributed by atoms with Gasteiger partial charge in [0.25, 0.3) is 0 Å². The van der Waals surface area contributed by atoms with Crippen LogP contribution in [-0.2, 0) is 9.53 Å². The lowest BCUT2D eigenvalue weighted by molar-refractivity contribution is -0.130. The monoisotopic (exact) mass is 298 g/mol. The molecule has 0 aromatic heterocycles. The Morgan fingerprint density at radius 1 is 1.05 bits per heavy atom. The van der Waals surface area contributed by atoms with Gasteiger partial charge in [0.15, 0.2) is 0 Å². The van der Waals surface area contributed by atoms with E-state index in [1.54, 1.807) is 60.7 Å². The van der Waals surface area contributed by atoms with Crippen molar-refractivity contribution in [3.63, 3.8) is 0 Å². The number of rotatable bonds is 2. The van der Waals surface area contributed by atoms with Crippen LogP contribution in [0.25, 0.3) is 11.8 Å². The minimum atomic E-state index is -0.441. The number of hydrogen-bond donors (Lipinski definition) is 1. The predicted molar refractivity (Wildman–Crippen MR) is 81.6 cm³/mol. The van der Waals surface area contributed by atoms with Crippen molar-refractivity contribution in [3.8, 4) is 5.75 Å². The zero-order valence-corrected chi connectivity index (χ0v) is 11.7. The van der Waals surface area contributed by atoms with Crippen LogP contribution in [0.5, 0.6) is 5.75 Å². The number of ether oxygens (including phenoxy) is 1. The second-order valence-electron chi connectivity index (χ2n) is 4.56. The van der Waals surface area contributed by atoms with E-state index in [1.807, 2.05) is 0 Å². The molecule has 4 heteroatoms. The smallest absolute Gasteiger partial charge is 0.343 e. The van der Waals surface area contributed by atoms with E-state index in [9.17, 15) is 9.90 Å². The molecule has 0 radical (unpaired) electrons. The van der Waals surface area contributed by atoms with Crippen LogP contribution in [0.4, 0.5) is 0 Å². The standard InChI is InChI=1S/C17H11ClO3/c18-14-7-5-11(6-8-14)16-10-13(17(20)21-16)9-12-3-1-2-4-15(12)19/h1-10,19H/b13-9-. The van der Waals surface area contributed by atoms with Crippen LogP contribution in [-0.4, -0.2) is 11.1 Å². The molecule has 0 aliphatic carbocycles. The van der Waals surface area contributed by atoms with Gasteiger partial charge in [-0.05, 0) is 42.5 Å². The Balaban J connectivity index is 1.96. The van der Waals surface area contributed by atoms with Gasteiger partial charge >= 0.3 is 5.97 Å². The SMILES string of the molecule is O=C1OC(c2ccc(Cl)cc2)=C/C1=C/c1ccccc1O. The molecule has 0 atom stereocenters. The fourth-order valence-electron chi connectivity index (χ4n) is 2.02. The quantitative estimate of drug-likeness (QED) is 0.672. The average Bonchev–Trinajstić information content (AvgIpc) is 2.83. The van der Waals surface area contributed by atoms with Crippen molar-refractivity contribution in [1.82, 2.24) is 0 Å². The van der Waals surface area contributed by atoms with Crippen molar-refractivity contribution in [2.24, 2.45) is 0 Å². The van der Waals surface area contributed by atoms with Crippen LogP contribution in [0.3, 0.4) is 0 Å². The van der Waals surface area contributed by atoms with E-state index in [0.29, 0.717) is 21.9 Å². The van der Waals surface area contributed by atoms with E-state index in [0.717, 1.165) is 5.56 Å². The average molecular weight is 299 g/mol. The summed E-state index contributed by atoms with van der Waals surface area (Å²) < 4.78 is 5.24. The highest BCUT2D eigenvalue weighted by molar-refractivity contribution is 6.30. The molecule has 2 aromatic rings. The highest BCUT2D eigenvalue weighted by Crippen LogP contribution is 2.29. The number of carbonyl (C=O) groups excluding carboxylic acids is 1. The highest BCUT2D eigenvalue weighted by atomic mass is 35.5. The number of phenolic OH excluding ortho intramolecular Hbond substituents is 1. The fraction of sp³-hybridized carbons (Fsp3) is 0. The molecule has 0 unspecified atom stereocenters. The van der Waals surface area contributed by atoms with Crippen molar-refractivity contribution in [2.75, 3.05) is 0 Å². The predicted octanol–water partition coefficient (Wildman–Crippen LogP) is 4.03. The molecule has 1 heterocycles. The molecule has 0 bridgehead atoms. The third-order valence-electron chi connectivity index (χ3n) is 3.10. The maximum absolute atomic E-state index is 11.9. The van der Waals surface area contributed by atoms with Gasteiger partial charge in [-0.1, -0.05) is 29.8 Å². The van der Waals surface area contributed by atoms with Crippen LogP contribution in [0.15, 0.2) is 60.2 Å². The summed E-state index contributed by atoms with van der Waals surface area (Å²) in [6.07, 6.45) is 3.25. The van der Waals surface area contributed by atoms with Crippen molar-refractivity contribution >= 4 is 29.4 Å². The number of phenols is 1. The summed E-state index contributed by atoms with van der Waals surface area (Å²) in [6, 6.07) is 13.8. The molecule has 3 rings (SSSR count). The number of para-hydroxylation sites is 1. The first-order valence-electron chi connectivity index (χ1n) is 6.33. The summed E-state index contributed by atoms with van der Waals surface area (Å²) in [5, 5.41) is 10.4. The molecule has 0 saturated carbocycles. The Morgan fingerprint density at radius 3 is 2.48 bits per heavy atom. The van der Waals surface area contributed by atoms with Gasteiger partial charge in [-0.3, -0.25) is 0 Å². The summed E-state index contributed by atoms with van der Waals surface area (Å²) in [7, 11) is 0. The Labute approximate surface area is 126 Å². The van der Waals surface area contributed by atoms with Crippen LogP contribution in [0.2, 0.25) is 5.02 Å². The molecular weight excluding hydrogens is 288 g/mol. The van der Waals surface area contributed by atoms with Crippen LogP contribution in [0.1, 0.15) is 11.1 Å². The summed E-state index contributed by atoms with van der Waals surface area (Å²) in [5.74, 6) is 0.146. The molecule has 0 amide bonds. The van der Waals surface area contributed by atoms with Gasteiger partial charge < -0.3 is 9.84 Å². The van der Waals surface area contributed by atoms with Gasteiger partial charge in [0, 0.05) is 16.1 Å². The third-order valence-corrected chi connectivity index (χ3v) is 3.35. The van der Waals surface area contributed by atoms with E-state index in [1.165, 1.54) is 0 Å². The normalized spacial score (nSPS) is 16.0. The van der Waals surface area contributed by atoms with Crippen molar-refractivity contribution < 1.29 is 14.6 Å². The van der Waals surface area contributed by atoms with Gasteiger partial charge in [0.05, 0.1) is 5.57 Å². The lowest BCUT2D eigenvalue weighted by Gasteiger charge is -2.01. The van der Waals surface area contributed by atoms with Gasteiger partial charge in [0.1, 0.15) is 11.5 Å². The van der Waals surface area contributed by atoms with E-state index < -0.39 is 5.97 Å². The first-order valence-corrected chi connectivity index (χ1v) is 6.71. The number of halogens is 1.